The van der Waals surface area contributed by atoms with Gasteiger partial charge in [-0.1, -0.05) is 91.6 Å². The summed E-state index contributed by atoms with van der Waals surface area (Å²) in [7, 11) is 0.656. The number of aromatic nitrogens is 2. The maximum atomic E-state index is 2.59. The maximum Gasteiger partial charge on any atom is 0.224 e. The van der Waals surface area contributed by atoms with Gasteiger partial charge in [-0.15, -0.1) is 0 Å². The lowest BCUT2D eigenvalue weighted by Gasteiger charge is -2.20. The van der Waals surface area contributed by atoms with Crippen LogP contribution in [0.5, 0.6) is 0 Å². The molecule has 0 aliphatic heterocycles. The van der Waals surface area contributed by atoms with Crippen molar-refractivity contribution in [1.82, 2.24) is 4.40 Å². The van der Waals surface area contributed by atoms with Gasteiger partial charge in [0.1, 0.15) is 7.05 Å². The first kappa shape index (κ1) is 20.7. The molecule has 0 N–H and O–H groups in total. The molecule has 0 fully saturated rings. The predicted octanol–water partition coefficient (Wildman–Crippen LogP) is 7.34. The summed E-state index contributed by atoms with van der Waals surface area (Å²) in [6.45, 7) is 9.61. The lowest BCUT2D eigenvalue weighted by molar-refractivity contribution is -0.643. The lowest BCUT2D eigenvalue weighted by atomic mass is 9.99. The van der Waals surface area contributed by atoms with Crippen molar-refractivity contribution in [2.24, 2.45) is 7.05 Å². The van der Waals surface area contributed by atoms with E-state index in [-0.39, 0.29) is 0 Å². The third-order valence-electron chi connectivity index (χ3n) is 7.80. The standard InChI is InChI=1S/C32H29N2Si/c1-20-14-15-26-25-13-9-12-24(21-10-7-6-8-11-21)30(25)34-27-19-23(35(3,4)5)18-22-16-17-33(2)32(29(22)27)28(20)31(26)34/h6-19H,1-5H3/q+1. The number of fused-ring (bicyclic) bond motifs is 5. The average molecular weight is 470 g/mol. The molecule has 0 unspecified atom stereocenters. The summed E-state index contributed by atoms with van der Waals surface area (Å²) in [4.78, 5) is 0. The molecule has 4 aromatic carbocycles. The number of hydrogen-bond donors (Lipinski definition) is 0. The van der Waals surface area contributed by atoms with E-state index in [4.69, 9.17) is 0 Å². The fourth-order valence-corrected chi connectivity index (χ4v) is 7.20. The van der Waals surface area contributed by atoms with Crippen molar-refractivity contribution in [2.45, 2.75) is 26.6 Å². The minimum Gasteiger partial charge on any atom is -0.307 e. The van der Waals surface area contributed by atoms with E-state index in [1.54, 1.807) is 0 Å². The molecule has 0 aliphatic carbocycles. The number of rotatable bonds is 2. The van der Waals surface area contributed by atoms with Crippen molar-refractivity contribution in [3.05, 3.63) is 90.6 Å². The number of benzene rings is 4. The molecule has 0 amide bonds. The summed E-state index contributed by atoms with van der Waals surface area (Å²) < 4.78 is 4.91. The van der Waals surface area contributed by atoms with Gasteiger partial charge in [0.05, 0.1) is 35.4 Å². The van der Waals surface area contributed by atoms with Gasteiger partial charge >= 0.3 is 0 Å². The third kappa shape index (κ3) is 2.73. The molecule has 3 heteroatoms. The summed E-state index contributed by atoms with van der Waals surface area (Å²) in [6, 6.07) is 29.5. The highest BCUT2D eigenvalue weighted by atomic mass is 28.3. The van der Waals surface area contributed by atoms with Crippen molar-refractivity contribution >= 4 is 62.3 Å². The van der Waals surface area contributed by atoms with Gasteiger partial charge < -0.3 is 4.40 Å². The fourth-order valence-electron chi connectivity index (χ4n) is 6.04. The van der Waals surface area contributed by atoms with Crippen molar-refractivity contribution in [1.29, 1.82) is 0 Å². The Kier molecular flexibility index (Phi) is 4.09. The van der Waals surface area contributed by atoms with E-state index in [0.29, 0.717) is 0 Å². The van der Waals surface area contributed by atoms with Gasteiger partial charge in [0, 0.05) is 22.4 Å². The molecule has 3 aromatic heterocycles. The van der Waals surface area contributed by atoms with E-state index in [1.165, 1.54) is 70.9 Å². The van der Waals surface area contributed by atoms with E-state index < -0.39 is 8.07 Å². The lowest BCUT2D eigenvalue weighted by Crippen LogP contribution is -2.38. The molecule has 170 valence electrons. The second kappa shape index (κ2) is 6.93. The minimum absolute atomic E-state index is 1.26. The SMILES string of the molecule is Cc1ccc2c3cccc(-c4ccccc4)c3n3c4cc([Si](C)(C)C)cc5cc[n+](C)c(c1c23)c54. The quantitative estimate of drug-likeness (QED) is 0.108. The highest BCUT2D eigenvalue weighted by Gasteiger charge is 2.27. The molecule has 0 spiro atoms. The van der Waals surface area contributed by atoms with Crippen LogP contribution in [0.25, 0.3) is 60.1 Å². The largest absolute Gasteiger partial charge is 0.307 e. The first-order valence-corrected chi connectivity index (χ1v) is 15.9. The first-order chi connectivity index (χ1) is 16.8. The fraction of sp³-hybridized carbons (Fsp3) is 0.156. The van der Waals surface area contributed by atoms with E-state index in [0.717, 1.165) is 0 Å². The first-order valence-electron chi connectivity index (χ1n) is 12.4. The zero-order valence-electron chi connectivity index (χ0n) is 21.0. The molecule has 0 bridgehead atoms. The summed E-state index contributed by atoms with van der Waals surface area (Å²) in [5.41, 5.74) is 9.19. The van der Waals surface area contributed by atoms with Crippen molar-refractivity contribution in [2.75, 3.05) is 0 Å². The van der Waals surface area contributed by atoms with Crippen LogP contribution in [0.1, 0.15) is 5.56 Å². The smallest absolute Gasteiger partial charge is 0.224 e. The van der Waals surface area contributed by atoms with Crippen LogP contribution in [-0.4, -0.2) is 12.5 Å². The van der Waals surface area contributed by atoms with Gasteiger partial charge in [-0.3, -0.25) is 0 Å². The van der Waals surface area contributed by atoms with Gasteiger partial charge in [-0.2, -0.15) is 0 Å². The third-order valence-corrected chi connectivity index (χ3v) is 9.82. The Morgan fingerprint density at radius 2 is 1.51 bits per heavy atom. The Morgan fingerprint density at radius 1 is 0.743 bits per heavy atom. The number of aryl methyl sites for hydroxylation is 2. The highest BCUT2D eigenvalue weighted by molar-refractivity contribution is 6.89. The normalized spacial score (nSPS) is 12.7. The Bertz CT molecular complexity index is 1940. The molecule has 7 rings (SSSR count). The summed E-state index contributed by atoms with van der Waals surface area (Å²) in [5, 5.41) is 8.22. The van der Waals surface area contributed by atoms with Crippen LogP contribution in [0.2, 0.25) is 19.6 Å². The van der Waals surface area contributed by atoms with Crippen LogP contribution in [0.15, 0.2) is 85.1 Å². The molecule has 3 heterocycles. The van der Waals surface area contributed by atoms with Gasteiger partial charge in [-0.05, 0) is 29.5 Å². The van der Waals surface area contributed by atoms with E-state index in [2.05, 4.69) is 128 Å². The second-order valence-corrected chi connectivity index (χ2v) is 16.1. The molecule has 0 aliphatic rings. The van der Waals surface area contributed by atoms with Crippen LogP contribution in [0.4, 0.5) is 0 Å². The Hall–Kier alpha value is -3.69. The van der Waals surface area contributed by atoms with Crippen LogP contribution >= 0.6 is 0 Å². The topological polar surface area (TPSA) is 8.29 Å². The number of pyridine rings is 2. The molecule has 0 saturated heterocycles. The monoisotopic (exact) mass is 469 g/mol. The van der Waals surface area contributed by atoms with E-state index in [9.17, 15) is 0 Å². The second-order valence-electron chi connectivity index (χ2n) is 11.0. The number of hydrogen-bond acceptors (Lipinski definition) is 0. The van der Waals surface area contributed by atoms with Gasteiger partial charge in [0.25, 0.3) is 0 Å². The number of para-hydroxylation sites is 1. The average Bonchev–Trinajstić information content (AvgIpc) is 3.19. The molecule has 2 nitrogen and oxygen atoms in total. The van der Waals surface area contributed by atoms with Crippen molar-refractivity contribution in [3.63, 3.8) is 0 Å². The summed E-state index contributed by atoms with van der Waals surface area (Å²) >= 11 is 0. The molecule has 0 saturated carbocycles. The van der Waals surface area contributed by atoms with Crippen LogP contribution in [0, 0.1) is 6.92 Å². The molecular weight excluding hydrogens is 440 g/mol. The van der Waals surface area contributed by atoms with E-state index in [1.807, 2.05) is 0 Å². The van der Waals surface area contributed by atoms with Gasteiger partial charge in [0.15, 0.2) is 6.20 Å². The van der Waals surface area contributed by atoms with Crippen LogP contribution < -0.4 is 9.75 Å². The zero-order valence-corrected chi connectivity index (χ0v) is 22.0. The summed E-state index contributed by atoms with van der Waals surface area (Å²) in [5.74, 6) is 0. The van der Waals surface area contributed by atoms with Crippen LogP contribution in [0.3, 0.4) is 0 Å². The number of nitrogens with zero attached hydrogens (tertiary/aromatic N) is 2. The van der Waals surface area contributed by atoms with Crippen molar-refractivity contribution < 1.29 is 4.57 Å². The highest BCUT2D eigenvalue weighted by Crippen LogP contribution is 2.43. The Balaban J connectivity index is 1.87. The predicted molar refractivity (Wildman–Crippen MR) is 153 cm³/mol. The minimum atomic E-state index is -1.54. The summed E-state index contributed by atoms with van der Waals surface area (Å²) in [6.07, 6.45) is 2.24. The Morgan fingerprint density at radius 3 is 2.29 bits per heavy atom. The molecule has 7 aromatic rings. The Labute approximate surface area is 206 Å². The molecule has 35 heavy (non-hydrogen) atoms. The molecular formula is C32H29N2Si+. The molecule has 0 radical (unpaired) electrons. The van der Waals surface area contributed by atoms with Gasteiger partial charge in [0.2, 0.25) is 5.52 Å². The van der Waals surface area contributed by atoms with Crippen molar-refractivity contribution in [3.8, 4) is 11.1 Å². The van der Waals surface area contributed by atoms with Crippen LogP contribution in [-0.2, 0) is 7.05 Å². The zero-order chi connectivity index (χ0) is 24.1. The van der Waals surface area contributed by atoms with E-state index >= 15 is 0 Å². The molecule has 0 atom stereocenters. The van der Waals surface area contributed by atoms with Gasteiger partial charge in [-0.25, -0.2) is 4.57 Å². The maximum absolute atomic E-state index is 2.59.